The molecule has 10 heteroatoms. The summed E-state index contributed by atoms with van der Waals surface area (Å²) in [4.78, 5) is 49.3. The van der Waals surface area contributed by atoms with Crippen LogP contribution in [0, 0.1) is 17.8 Å². The molecular formula is C21H22N2O8. The van der Waals surface area contributed by atoms with E-state index in [1.807, 2.05) is 0 Å². The van der Waals surface area contributed by atoms with E-state index in [0.717, 1.165) is 0 Å². The molecule has 1 aromatic carbocycles. The fraction of sp³-hybridized carbons (Fsp3) is 0.429. The Bertz CT molecular complexity index is 1080. The summed E-state index contributed by atoms with van der Waals surface area (Å²) in [6.45, 7) is 0. The van der Waals surface area contributed by atoms with Gasteiger partial charge in [0.05, 0.1) is 17.9 Å². The number of aliphatic hydroxyl groups is 3. The number of fused-ring (bicyclic) bond motifs is 3. The van der Waals surface area contributed by atoms with E-state index in [-0.39, 0.29) is 37.0 Å². The van der Waals surface area contributed by atoms with Crippen molar-refractivity contribution in [3.8, 4) is 5.75 Å². The molecule has 1 aromatic rings. The monoisotopic (exact) mass is 430 g/mol. The first-order valence-electron chi connectivity index (χ1n) is 9.81. The lowest BCUT2D eigenvalue weighted by molar-refractivity contribution is -0.182. The molecule has 5 atom stereocenters. The molecule has 1 fully saturated rings. The number of nitrogens with two attached hydrogens (primary N) is 2. The van der Waals surface area contributed by atoms with Crippen LogP contribution in [0.3, 0.4) is 0 Å². The molecule has 0 radical (unpaired) electrons. The number of allylic oxidation sites excluding steroid dienone is 1. The molecule has 10 nitrogen and oxygen atoms in total. The zero-order chi connectivity index (χ0) is 22.8. The fourth-order valence-electron chi connectivity index (χ4n) is 5.48. The summed E-state index contributed by atoms with van der Waals surface area (Å²) in [6.07, 6.45) is -2.03. The van der Waals surface area contributed by atoms with Gasteiger partial charge in [0.15, 0.2) is 11.4 Å². The minimum absolute atomic E-state index is 0.0803. The van der Waals surface area contributed by atoms with Crippen LogP contribution in [0.15, 0.2) is 23.5 Å². The number of carbonyl (C=O) groups is 4. The number of aromatic hydroxyl groups is 1. The fourth-order valence-corrected chi connectivity index (χ4v) is 5.48. The van der Waals surface area contributed by atoms with E-state index < -0.39 is 64.2 Å². The lowest BCUT2D eigenvalue weighted by Crippen LogP contribution is -2.67. The maximum absolute atomic E-state index is 13.3. The molecule has 0 heterocycles. The van der Waals surface area contributed by atoms with E-state index in [0.29, 0.717) is 11.1 Å². The summed E-state index contributed by atoms with van der Waals surface area (Å²) in [5, 5.41) is 42.7. The SMILES string of the molecule is NC(=O)Cc1ccc(O)c2c1C[C@H]1C[C@H]3CC(O)=C(C(N)=O)C(=O)[C@@]3(O)C(O)C1C2=O. The first kappa shape index (κ1) is 21.0. The molecular weight excluding hydrogens is 408 g/mol. The van der Waals surface area contributed by atoms with Gasteiger partial charge in [-0.15, -0.1) is 0 Å². The van der Waals surface area contributed by atoms with Gasteiger partial charge in [-0.25, -0.2) is 0 Å². The number of aliphatic hydroxyl groups excluding tert-OH is 2. The van der Waals surface area contributed by atoms with Crippen molar-refractivity contribution in [1.82, 2.24) is 0 Å². The van der Waals surface area contributed by atoms with Crippen LogP contribution < -0.4 is 11.5 Å². The highest BCUT2D eigenvalue weighted by Crippen LogP contribution is 2.52. The van der Waals surface area contributed by atoms with Crippen LogP contribution in [-0.2, 0) is 27.2 Å². The van der Waals surface area contributed by atoms with Crippen LogP contribution in [0.5, 0.6) is 5.75 Å². The number of primary amides is 2. The number of phenols is 1. The highest BCUT2D eigenvalue weighted by Gasteiger charge is 2.63. The van der Waals surface area contributed by atoms with E-state index in [1.165, 1.54) is 12.1 Å². The molecule has 3 aliphatic rings. The Hall–Kier alpha value is -3.24. The number of hydrogen-bond acceptors (Lipinski definition) is 8. The number of phenolic OH excluding ortho intramolecular Hbond substituents is 1. The molecule has 0 aliphatic heterocycles. The van der Waals surface area contributed by atoms with Gasteiger partial charge >= 0.3 is 0 Å². The van der Waals surface area contributed by atoms with Gasteiger partial charge in [0, 0.05) is 12.3 Å². The van der Waals surface area contributed by atoms with Gasteiger partial charge in [0.1, 0.15) is 23.2 Å². The zero-order valence-corrected chi connectivity index (χ0v) is 16.4. The molecule has 3 aliphatic carbocycles. The van der Waals surface area contributed by atoms with Crippen LogP contribution in [0.2, 0.25) is 0 Å². The molecule has 8 N–H and O–H groups in total. The first-order chi connectivity index (χ1) is 14.5. The van der Waals surface area contributed by atoms with Crippen molar-refractivity contribution in [2.45, 2.75) is 37.4 Å². The lowest BCUT2D eigenvalue weighted by atomic mass is 9.54. The highest BCUT2D eigenvalue weighted by molar-refractivity contribution is 6.23. The van der Waals surface area contributed by atoms with Gasteiger partial charge in [0.25, 0.3) is 5.91 Å². The summed E-state index contributed by atoms with van der Waals surface area (Å²) in [5.41, 5.74) is 8.01. The Morgan fingerprint density at radius 2 is 1.81 bits per heavy atom. The van der Waals surface area contributed by atoms with Gasteiger partial charge < -0.3 is 31.9 Å². The molecule has 31 heavy (non-hydrogen) atoms. The van der Waals surface area contributed by atoms with Crippen molar-refractivity contribution in [1.29, 1.82) is 0 Å². The van der Waals surface area contributed by atoms with Crippen LogP contribution in [-0.4, -0.2) is 55.5 Å². The number of rotatable bonds is 3. The molecule has 2 unspecified atom stereocenters. The van der Waals surface area contributed by atoms with Crippen molar-refractivity contribution >= 4 is 23.4 Å². The quantitative estimate of drug-likeness (QED) is 0.320. The average Bonchev–Trinajstić information content (AvgIpc) is 2.66. The summed E-state index contributed by atoms with van der Waals surface area (Å²) in [6, 6.07) is 2.75. The van der Waals surface area contributed by atoms with Crippen LogP contribution in [0.1, 0.15) is 34.3 Å². The number of hydrogen-bond donors (Lipinski definition) is 6. The smallest absolute Gasteiger partial charge is 0.255 e. The van der Waals surface area contributed by atoms with E-state index in [4.69, 9.17) is 11.5 Å². The van der Waals surface area contributed by atoms with Crippen LogP contribution in [0.4, 0.5) is 0 Å². The molecule has 164 valence electrons. The Morgan fingerprint density at radius 1 is 1.13 bits per heavy atom. The molecule has 0 saturated heterocycles. The number of amides is 2. The van der Waals surface area contributed by atoms with Crippen LogP contribution >= 0.6 is 0 Å². The minimum Gasteiger partial charge on any atom is -0.511 e. The number of ketones is 2. The molecule has 0 spiro atoms. The Kier molecular flexibility index (Phi) is 4.67. The van der Waals surface area contributed by atoms with E-state index >= 15 is 0 Å². The maximum atomic E-state index is 13.3. The van der Waals surface area contributed by atoms with Crippen molar-refractivity contribution in [2.75, 3.05) is 0 Å². The number of Topliss-reactive ketones (excluding diaryl/α,β-unsaturated/α-hetero) is 2. The second kappa shape index (κ2) is 6.89. The Morgan fingerprint density at radius 3 is 2.42 bits per heavy atom. The lowest BCUT2D eigenvalue weighted by Gasteiger charge is -2.52. The summed E-state index contributed by atoms with van der Waals surface area (Å²) in [5.74, 6) is -7.39. The molecule has 0 bridgehead atoms. The maximum Gasteiger partial charge on any atom is 0.255 e. The second-order valence-electron chi connectivity index (χ2n) is 8.52. The van der Waals surface area contributed by atoms with Crippen LogP contribution in [0.25, 0.3) is 0 Å². The van der Waals surface area contributed by atoms with Crippen molar-refractivity contribution in [3.63, 3.8) is 0 Å². The normalized spacial score (nSPS) is 32.2. The van der Waals surface area contributed by atoms with Crippen molar-refractivity contribution < 1.29 is 39.6 Å². The minimum atomic E-state index is -2.48. The Balaban J connectivity index is 1.81. The Labute approximate surface area is 176 Å². The summed E-state index contributed by atoms with van der Waals surface area (Å²) >= 11 is 0. The van der Waals surface area contributed by atoms with Crippen molar-refractivity contribution in [3.05, 3.63) is 40.2 Å². The third kappa shape index (κ3) is 2.86. The molecule has 2 amide bonds. The van der Waals surface area contributed by atoms with E-state index in [1.54, 1.807) is 0 Å². The highest BCUT2D eigenvalue weighted by atomic mass is 16.4. The second-order valence-corrected chi connectivity index (χ2v) is 8.52. The summed E-state index contributed by atoms with van der Waals surface area (Å²) in [7, 11) is 0. The average molecular weight is 430 g/mol. The predicted molar refractivity (Wildman–Crippen MR) is 104 cm³/mol. The molecule has 4 rings (SSSR count). The van der Waals surface area contributed by atoms with Gasteiger partial charge in [0.2, 0.25) is 11.7 Å². The van der Waals surface area contributed by atoms with Gasteiger partial charge in [-0.05, 0) is 36.0 Å². The van der Waals surface area contributed by atoms with Gasteiger partial charge in [-0.1, -0.05) is 6.07 Å². The zero-order valence-electron chi connectivity index (χ0n) is 16.4. The predicted octanol–water partition coefficient (Wildman–Crippen LogP) is -1.23. The third-order valence-corrected chi connectivity index (χ3v) is 6.84. The van der Waals surface area contributed by atoms with Crippen molar-refractivity contribution in [2.24, 2.45) is 29.2 Å². The molecule has 0 aromatic heterocycles. The number of carbonyl (C=O) groups excluding carboxylic acids is 4. The first-order valence-corrected chi connectivity index (χ1v) is 9.81. The summed E-state index contributed by atoms with van der Waals surface area (Å²) < 4.78 is 0. The standard InChI is InChI=1S/C21H22N2O8/c22-13(26)5-7-1-2-11(24)15-10(7)4-8-3-9-6-12(25)16(20(23)30)19(29)21(9,31)18(28)14(8)17(15)27/h1-2,8-9,14,18,24-25,28,31H,3-6H2,(H2,22,26)(H2,23,30)/t8-,9+,14?,18?,21+/m1/s1. The van der Waals surface area contributed by atoms with E-state index in [9.17, 15) is 39.6 Å². The molecule has 1 saturated carbocycles. The largest absolute Gasteiger partial charge is 0.511 e. The van der Waals surface area contributed by atoms with Gasteiger partial charge in [-0.3, -0.25) is 19.2 Å². The van der Waals surface area contributed by atoms with Gasteiger partial charge in [-0.2, -0.15) is 0 Å². The number of benzene rings is 1. The third-order valence-electron chi connectivity index (χ3n) is 6.84. The van der Waals surface area contributed by atoms with E-state index in [2.05, 4.69) is 0 Å². The topological polar surface area (TPSA) is 201 Å².